The van der Waals surface area contributed by atoms with Crippen LogP contribution < -0.4 is 0 Å². The molecule has 3 nitrogen and oxygen atoms in total. The molecule has 1 aliphatic carbocycles. The van der Waals surface area contributed by atoms with Crippen molar-refractivity contribution in [3.63, 3.8) is 0 Å². The van der Waals surface area contributed by atoms with Gasteiger partial charge in [-0.2, -0.15) is 0 Å². The van der Waals surface area contributed by atoms with Crippen molar-refractivity contribution in [2.24, 2.45) is 5.92 Å². The van der Waals surface area contributed by atoms with E-state index in [1.807, 2.05) is 17.4 Å². The van der Waals surface area contributed by atoms with Gasteiger partial charge in [0, 0.05) is 29.6 Å². The summed E-state index contributed by atoms with van der Waals surface area (Å²) in [7, 11) is 2.23. The largest absolute Gasteiger partial charge is 0.396 e. The van der Waals surface area contributed by atoms with Gasteiger partial charge >= 0.3 is 0 Å². The van der Waals surface area contributed by atoms with E-state index in [2.05, 4.69) is 43.1 Å². The van der Waals surface area contributed by atoms with Crippen molar-refractivity contribution in [2.75, 3.05) is 13.7 Å². The number of nitrogens with zero attached hydrogens (tertiary/aromatic N) is 2. The summed E-state index contributed by atoms with van der Waals surface area (Å²) in [6.45, 7) is 3.45. The van der Waals surface area contributed by atoms with Crippen molar-refractivity contribution in [2.45, 2.75) is 45.2 Å². The fraction of sp³-hybridized carbons (Fsp3) is 0.526. The first kappa shape index (κ1) is 16.6. The van der Waals surface area contributed by atoms with Crippen LogP contribution in [0.4, 0.5) is 0 Å². The predicted octanol–water partition coefficient (Wildman–Crippen LogP) is 4.10. The molecular weight excluding hydrogens is 304 g/mol. The average Bonchev–Trinajstić information content (AvgIpc) is 2.96. The highest BCUT2D eigenvalue weighted by Gasteiger charge is 2.24. The normalized spacial score (nSPS) is 21.7. The van der Waals surface area contributed by atoms with Crippen molar-refractivity contribution < 1.29 is 5.11 Å². The van der Waals surface area contributed by atoms with Crippen LogP contribution in [0, 0.1) is 12.8 Å². The maximum Gasteiger partial charge on any atom is 0.123 e. The average molecular weight is 330 g/mol. The van der Waals surface area contributed by atoms with Crippen LogP contribution in [0.1, 0.15) is 36.3 Å². The van der Waals surface area contributed by atoms with Gasteiger partial charge in [-0.1, -0.05) is 30.3 Å². The van der Waals surface area contributed by atoms with Crippen LogP contribution in [0.5, 0.6) is 0 Å². The molecule has 0 amide bonds. The molecule has 4 heteroatoms. The molecule has 0 unspecified atom stereocenters. The van der Waals surface area contributed by atoms with Crippen molar-refractivity contribution in [3.8, 4) is 10.6 Å². The SMILES string of the molecule is Cc1nc(-c2ccccc2)sc1CN(C)C1CCC(CO)CC1. The van der Waals surface area contributed by atoms with Crippen LogP contribution in [0.2, 0.25) is 0 Å². The summed E-state index contributed by atoms with van der Waals surface area (Å²) in [4.78, 5) is 8.61. The number of hydrogen-bond acceptors (Lipinski definition) is 4. The van der Waals surface area contributed by atoms with Gasteiger partial charge in [0.25, 0.3) is 0 Å². The number of benzene rings is 1. The smallest absolute Gasteiger partial charge is 0.123 e. The molecule has 124 valence electrons. The van der Waals surface area contributed by atoms with E-state index < -0.39 is 0 Å². The summed E-state index contributed by atoms with van der Waals surface area (Å²) in [6, 6.07) is 11.1. The van der Waals surface area contributed by atoms with Crippen molar-refractivity contribution in [1.29, 1.82) is 0 Å². The summed E-state index contributed by atoms with van der Waals surface area (Å²) >= 11 is 1.82. The van der Waals surface area contributed by atoms with Gasteiger partial charge in [-0.15, -0.1) is 11.3 Å². The molecule has 0 atom stereocenters. The third-order valence-electron chi connectivity index (χ3n) is 5.00. The summed E-state index contributed by atoms with van der Waals surface area (Å²) in [6.07, 6.45) is 4.71. The zero-order valence-electron chi connectivity index (χ0n) is 14.0. The minimum Gasteiger partial charge on any atom is -0.396 e. The van der Waals surface area contributed by atoms with E-state index in [-0.39, 0.29) is 0 Å². The molecular formula is C19H26N2OS. The third-order valence-corrected chi connectivity index (χ3v) is 6.20. The Labute approximate surface area is 143 Å². The lowest BCUT2D eigenvalue weighted by Gasteiger charge is -2.34. The molecule has 1 fully saturated rings. The van der Waals surface area contributed by atoms with Crippen LogP contribution in [0.15, 0.2) is 30.3 Å². The van der Waals surface area contributed by atoms with E-state index in [1.54, 1.807) is 0 Å². The number of aryl methyl sites for hydroxylation is 1. The molecule has 1 saturated carbocycles. The van der Waals surface area contributed by atoms with Gasteiger partial charge in [-0.05, 0) is 45.6 Å². The second kappa shape index (κ2) is 7.56. The lowest BCUT2D eigenvalue weighted by Crippen LogP contribution is -2.35. The number of aliphatic hydroxyl groups excluding tert-OH is 1. The highest BCUT2D eigenvalue weighted by Crippen LogP contribution is 2.31. The Hall–Kier alpha value is -1.23. The summed E-state index contributed by atoms with van der Waals surface area (Å²) < 4.78 is 0. The molecule has 0 spiro atoms. The van der Waals surface area contributed by atoms with Gasteiger partial charge < -0.3 is 5.11 Å². The summed E-state index contributed by atoms with van der Waals surface area (Å²) in [5.74, 6) is 0.523. The molecule has 0 bridgehead atoms. The number of thiazole rings is 1. The van der Waals surface area contributed by atoms with E-state index in [9.17, 15) is 5.11 Å². The van der Waals surface area contributed by atoms with Gasteiger partial charge in [0.05, 0.1) is 5.69 Å². The standard InChI is InChI=1S/C19H26N2OS/c1-14-18(23-19(20-14)16-6-4-3-5-7-16)12-21(2)17-10-8-15(13-22)9-11-17/h3-7,15,17,22H,8-13H2,1-2H3. The number of hydrogen-bond donors (Lipinski definition) is 1. The maximum atomic E-state index is 9.28. The predicted molar refractivity (Wildman–Crippen MR) is 96.6 cm³/mol. The molecule has 1 aromatic carbocycles. The second-order valence-corrected chi connectivity index (χ2v) is 7.75. The van der Waals surface area contributed by atoms with E-state index >= 15 is 0 Å². The van der Waals surface area contributed by atoms with E-state index in [0.29, 0.717) is 18.6 Å². The topological polar surface area (TPSA) is 36.4 Å². The zero-order valence-corrected chi connectivity index (χ0v) is 14.9. The molecule has 0 saturated heterocycles. The van der Waals surface area contributed by atoms with Crippen LogP contribution in [0.3, 0.4) is 0 Å². The van der Waals surface area contributed by atoms with Crippen molar-refractivity contribution >= 4 is 11.3 Å². The first-order valence-electron chi connectivity index (χ1n) is 8.50. The molecule has 1 aliphatic rings. The highest BCUT2D eigenvalue weighted by atomic mass is 32.1. The van der Waals surface area contributed by atoms with Gasteiger partial charge in [-0.25, -0.2) is 4.98 Å². The molecule has 2 aromatic rings. The second-order valence-electron chi connectivity index (χ2n) is 6.67. The Morgan fingerprint density at radius 3 is 2.52 bits per heavy atom. The minimum absolute atomic E-state index is 0.352. The maximum absolute atomic E-state index is 9.28. The molecule has 1 N–H and O–H groups in total. The highest BCUT2D eigenvalue weighted by molar-refractivity contribution is 7.15. The third kappa shape index (κ3) is 4.00. The minimum atomic E-state index is 0.352. The Morgan fingerprint density at radius 2 is 1.87 bits per heavy atom. The van der Waals surface area contributed by atoms with Gasteiger partial charge in [-0.3, -0.25) is 4.90 Å². The number of aliphatic hydroxyl groups is 1. The fourth-order valence-corrected chi connectivity index (χ4v) is 4.53. The first-order valence-corrected chi connectivity index (χ1v) is 9.32. The molecule has 0 aliphatic heterocycles. The lowest BCUT2D eigenvalue weighted by molar-refractivity contribution is 0.124. The zero-order chi connectivity index (χ0) is 16.2. The summed E-state index contributed by atoms with van der Waals surface area (Å²) in [5.41, 5.74) is 2.36. The number of rotatable bonds is 5. The van der Waals surface area contributed by atoms with Crippen LogP contribution in [0.25, 0.3) is 10.6 Å². The van der Waals surface area contributed by atoms with Gasteiger partial charge in [0.1, 0.15) is 5.01 Å². The van der Waals surface area contributed by atoms with E-state index in [1.165, 1.54) is 23.3 Å². The van der Waals surface area contributed by atoms with Gasteiger partial charge in [0.2, 0.25) is 0 Å². The quantitative estimate of drug-likeness (QED) is 0.896. The molecule has 1 heterocycles. The van der Waals surface area contributed by atoms with Crippen LogP contribution in [-0.4, -0.2) is 34.7 Å². The molecule has 23 heavy (non-hydrogen) atoms. The molecule has 3 rings (SSSR count). The first-order chi connectivity index (χ1) is 11.2. The Bertz CT molecular complexity index is 618. The van der Waals surface area contributed by atoms with E-state index in [4.69, 9.17) is 4.98 Å². The number of aromatic nitrogens is 1. The van der Waals surface area contributed by atoms with E-state index in [0.717, 1.165) is 30.1 Å². The lowest BCUT2D eigenvalue weighted by atomic mass is 9.86. The molecule has 0 radical (unpaired) electrons. The van der Waals surface area contributed by atoms with Gasteiger partial charge in [0.15, 0.2) is 0 Å². The summed E-state index contributed by atoms with van der Waals surface area (Å²) in [5, 5.41) is 10.4. The van der Waals surface area contributed by atoms with Crippen LogP contribution in [-0.2, 0) is 6.54 Å². The van der Waals surface area contributed by atoms with Crippen molar-refractivity contribution in [1.82, 2.24) is 9.88 Å². The molecule has 1 aromatic heterocycles. The monoisotopic (exact) mass is 330 g/mol. The van der Waals surface area contributed by atoms with Crippen molar-refractivity contribution in [3.05, 3.63) is 40.9 Å². The Morgan fingerprint density at radius 1 is 1.17 bits per heavy atom. The Balaban J connectivity index is 1.65. The fourth-order valence-electron chi connectivity index (χ4n) is 3.40. The Kier molecular flexibility index (Phi) is 5.46. The van der Waals surface area contributed by atoms with Crippen LogP contribution >= 0.6 is 11.3 Å².